The van der Waals surface area contributed by atoms with E-state index in [1.165, 1.54) is 22.7 Å². The Hall–Kier alpha value is -3.50. The second-order valence-electron chi connectivity index (χ2n) is 6.19. The number of halogens is 3. The van der Waals surface area contributed by atoms with Crippen LogP contribution in [-0.2, 0) is 19.0 Å². The van der Waals surface area contributed by atoms with Crippen molar-refractivity contribution in [3.8, 4) is 0 Å². The summed E-state index contributed by atoms with van der Waals surface area (Å²) in [6.07, 6.45) is -4.00. The number of nitrogens with one attached hydrogen (secondary N) is 1. The molecule has 0 atom stereocenters. The lowest BCUT2D eigenvalue weighted by molar-refractivity contribution is -0.137. The Labute approximate surface area is 155 Å². The number of H-pyrrole nitrogens is 1. The summed E-state index contributed by atoms with van der Waals surface area (Å²) in [6.45, 7) is 1.70. The Kier molecular flexibility index (Phi) is 4.21. The van der Waals surface area contributed by atoms with Crippen molar-refractivity contribution in [3.05, 3.63) is 75.0 Å². The summed E-state index contributed by atoms with van der Waals surface area (Å²) in [7, 11) is 0. The van der Waals surface area contributed by atoms with Crippen molar-refractivity contribution in [2.45, 2.75) is 25.9 Å². The van der Waals surface area contributed by atoms with Gasteiger partial charge in [-0.15, -0.1) is 0 Å². The molecule has 3 aromatic heterocycles. The van der Waals surface area contributed by atoms with Crippen molar-refractivity contribution in [2.24, 2.45) is 0 Å². The van der Waals surface area contributed by atoms with Crippen LogP contribution < -0.4 is 5.56 Å². The maximum atomic E-state index is 12.6. The van der Waals surface area contributed by atoms with E-state index >= 15 is 0 Å². The first-order valence-corrected chi connectivity index (χ1v) is 8.21. The van der Waals surface area contributed by atoms with E-state index in [1.807, 2.05) is 0 Å². The van der Waals surface area contributed by atoms with E-state index in [0.717, 1.165) is 12.1 Å². The summed E-state index contributed by atoms with van der Waals surface area (Å²) in [5.41, 5.74) is 0.179. The molecule has 0 aliphatic carbocycles. The number of benzene rings is 1. The predicted octanol–water partition coefficient (Wildman–Crippen LogP) is 2.31. The molecule has 3 heterocycles. The molecule has 0 fully saturated rings. The van der Waals surface area contributed by atoms with Crippen LogP contribution in [-0.4, -0.2) is 29.7 Å². The standard InChI is InChI=1S/C17H13F3N6O2/c1-9-6-15(27)26-16(21-9)23-12(24-26)8-14-22-13(25-28-14)7-10-2-4-11(5-3-10)17(18,19)20/h2-6H,7-8H2,1H3,(H,21,23,24). The van der Waals surface area contributed by atoms with Crippen LogP contribution in [0.2, 0.25) is 0 Å². The number of aryl methyl sites for hydroxylation is 1. The summed E-state index contributed by atoms with van der Waals surface area (Å²) >= 11 is 0. The molecule has 8 nitrogen and oxygen atoms in total. The van der Waals surface area contributed by atoms with Gasteiger partial charge in [0.1, 0.15) is 5.82 Å². The van der Waals surface area contributed by atoms with Crippen LogP contribution in [0, 0.1) is 6.92 Å². The van der Waals surface area contributed by atoms with Crippen molar-refractivity contribution in [3.63, 3.8) is 0 Å². The van der Waals surface area contributed by atoms with E-state index in [0.29, 0.717) is 22.9 Å². The van der Waals surface area contributed by atoms with Gasteiger partial charge in [0.25, 0.3) is 11.3 Å². The fraction of sp³-hybridized carbons (Fsp3) is 0.235. The summed E-state index contributed by atoms with van der Waals surface area (Å²) in [6, 6.07) is 6.15. The number of aromatic nitrogens is 6. The summed E-state index contributed by atoms with van der Waals surface area (Å²) in [4.78, 5) is 24.5. The molecule has 0 amide bonds. The Morgan fingerprint density at radius 3 is 2.57 bits per heavy atom. The van der Waals surface area contributed by atoms with Crippen molar-refractivity contribution in [2.75, 3.05) is 0 Å². The predicted molar refractivity (Wildman–Crippen MR) is 89.7 cm³/mol. The molecular weight excluding hydrogens is 377 g/mol. The van der Waals surface area contributed by atoms with Crippen molar-refractivity contribution in [1.29, 1.82) is 0 Å². The molecule has 11 heteroatoms. The van der Waals surface area contributed by atoms with E-state index in [9.17, 15) is 18.0 Å². The quantitative estimate of drug-likeness (QED) is 0.574. The molecule has 1 aromatic carbocycles. The zero-order chi connectivity index (χ0) is 19.9. The summed E-state index contributed by atoms with van der Waals surface area (Å²) in [5.74, 6) is 1.24. The monoisotopic (exact) mass is 390 g/mol. The molecule has 0 aliphatic heterocycles. The smallest absolute Gasteiger partial charge is 0.339 e. The Morgan fingerprint density at radius 2 is 1.86 bits per heavy atom. The number of alkyl halides is 3. The minimum absolute atomic E-state index is 0.155. The molecule has 0 bridgehead atoms. The first kappa shape index (κ1) is 17.9. The Bertz CT molecular complexity index is 1190. The fourth-order valence-electron chi connectivity index (χ4n) is 2.69. The third kappa shape index (κ3) is 3.63. The first-order chi connectivity index (χ1) is 13.3. The van der Waals surface area contributed by atoms with Crippen LogP contribution in [0.15, 0.2) is 39.6 Å². The number of hydrogen-bond acceptors (Lipinski definition) is 6. The van der Waals surface area contributed by atoms with Gasteiger partial charge in [-0.25, -0.2) is 4.98 Å². The Balaban J connectivity index is 1.49. The molecule has 28 heavy (non-hydrogen) atoms. The van der Waals surface area contributed by atoms with E-state index in [2.05, 4.69) is 25.2 Å². The molecule has 4 aromatic rings. The zero-order valence-corrected chi connectivity index (χ0v) is 14.5. The zero-order valence-electron chi connectivity index (χ0n) is 14.5. The van der Waals surface area contributed by atoms with Gasteiger partial charge in [0.05, 0.1) is 12.0 Å². The lowest BCUT2D eigenvalue weighted by Crippen LogP contribution is -2.14. The van der Waals surface area contributed by atoms with Crippen molar-refractivity contribution >= 4 is 5.78 Å². The molecule has 0 spiro atoms. The lowest BCUT2D eigenvalue weighted by atomic mass is 10.1. The SMILES string of the molecule is Cc1cc(=O)n2[nH]c(Cc3nc(Cc4ccc(C(F)(F)F)cc4)no3)nc2n1. The van der Waals surface area contributed by atoms with Gasteiger partial charge in [-0.1, -0.05) is 17.3 Å². The molecule has 0 saturated carbocycles. The minimum atomic E-state index is -4.38. The van der Waals surface area contributed by atoms with Crippen LogP contribution in [0.4, 0.5) is 13.2 Å². The third-order valence-corrected chi connectivity index (χ3v) is 3.98. The van der Waals surface area contributed by atoms with E-state index in [-0.39, 0.29) is 30.1 Å². The highest BCUT2D eigenvalue weighted by molar-refractivity contribution is 5.28. The van der Waals surface area contributed by atoms with E-state index in [1.54, 1.807) is 6.92 Å². The van der Waals surface area contributed by atoms with Gasteiger partial charge in [0.15, 0.2) is 5.82 Å². The molecule has 144 valence electrons. The van der Waals surface area contributed by atoms with Gasteiger partial charge in [-0.3, -0.25) is 9.89 Å². The Morgan fingerprint density at radius 1 is 1.11 bits per heavy atom. The average Bonchev–Trinajstić information content (AvgIpc) is 3.21. The molecular formula is C17H13F3N6O2. The van der Waals surface area contributed by atoms with Crippen LogP contribution in [0.3, 0.4) is 0 Å². The largest absolute Gasteiger partial charge is 0.416 e. The topological polar surface area (TPSA) is 102 Å². The molecule has 0 unspecified atom stereocenters. The van der Waals surface area contributed by atoms with Gasteiger partial charge in [-0.2, -0.15) is 27.7 Å². The lowest BCUT2D eigenvalue weighted by Gasteiger charge is -2.06. The van der Waals surface area contributed by atoms with E-state index < -0.39 is 11.7 Å². The van der Waals surface area contributed by atoms with Gasteiger partial charge in [0, 0.05) is 18.2 Å². The van der Waals surface area contributed by atoms with Crippen molar-refractivity contribution < 1.29 is 17.7 Å². The number of hydrogen-bond donors (Lipinski definition) is 1. The van der Waals surface area contributed by atoms with Gasteiger partial charge in [0.2, 0.25) is 5.89 Å². The second kappa shape index (κ2) is 6.59. The number of nitrogens with zero attached hydrogens (tertiary/aromatic N) is 5. The van der Waals surface area contributed by atoms with Crippen LogP contribution in [0.25, 0.3) is 5.78 Å². The van der Waals surface area contributed by atoms with Crippen LogP contribution >= 0.6 is 0 Å². The maximum Gasteiger partial charge on any atom is 0.416 e. The summed E-state index contributed by atoms with van der Waals surface area (Å²) < 4.78 is 44.2. The third-order valence-electron chi connectivity index (χ3n) is 3.98. The fourth-order valence-corrected chi connectivity index (χ4v) is 2.69. The van der Waals surface area contributed by atoms with Gasteiger partial charge < -0.3 is 4.52 Å². The van der Waals surface area contributed by atoms with Gasteiger partial charge >= 0.3 is 6.18 Å². The van der Waals surface area contributed by atoms with Crippen LogP contribution in [0.5, 0.6) is 0 Å². The molecule has 4 rings (SSSR count). The number of rotatable bonds is 4. The van der Waals surface area contributed by atoms with E-state index in [4.69, 9.17) is 4.52 Å². The van der Waals surface area contributed by atoms with Crippen molar-refractivity contribution in [1.82, 2.24) is 29.7 Å². The minimum Gasteiger partial charge on any atom is -0.339 e. The molecule has 1 N–H and O–H groups in total. The van der Waals surface area contributed by atoms with Crippen LogP contribution in [0.1, 0.15) is 34.4 Å². The normalized spacial score (nSPS) is 12.0. The van der Waals surface area contributed by atoms with Gasteiger partial charge in [-0.05, 0) is 24.6 Å². The highest BCUT2D eigenvalue weighted by Gasteiger charge is 2.29. The highest BCUT2D eigenvalue weighted by atomic mass is 19.4. The molecule has 0 radical (unpaired) electrons. The first-order valence-electron chi connectivity index (χ1n) is 8.21. The number of aromatic amines is 1. The highest BCUT2D eigenvalue weighted by Crippen LogP contribution is 2.29. The summed E-state index contributed by atoms with van der Waals surface area (Å²) in [5, 5.41) is 6.65. The number of fused-ring (bicyclic) bond motifs is 1. The molecule has 0 aliphatic rings. The average molecular weight is 390 g/mol. The molecule has 0 saturated heterocycles. The second-order valence-corrected chi connectivity index (χ2v) is 6.19. The maximum absolute atomic E-state index is 12.6.